The summed E-state index contributed by atoms with van der Waals surface area (Å²) in [6, 6.07) is 7.17. The van der Waals surface area contributed by atoms with Crippen LogP contribution in [-0.4, -0.2) is 42.1 Å². The highest BCUT2D eigenvalue weighted by molar-refractivity contribution is 6.06. The number of aromatic nitrogens is 5. The molecule has 1 aliphatic heterocycles. The third-order valence-electron chi connectivity index (χ3n) is 7.32. The maximum absolute atomic E-state index is 13.6. The molecule has 5 heterocycles. The second kappa shape index (κ2) is 8.91. The highest BCUT2D eigenvalue weighted by atomic mass is 16.3. The molecule has 4 aromatic heterocycles. The van der Waals surface area contributed by atoms with E-state index in [4.69, 9.17) is 0 Å². The number of anilines is 3. The Balaban J connectivity index is 1.35. The molecule has 38 heavy (non-hydrogen) atoms. The average Bonchev–Trinajstić information content (AvgIpc) is 3.37. The number of nitrogens with one attached hydrogen (secondary N) is 2. The minimum Gasteiger partial charge on any atom is -0.392 e. The van der Waals surface area contributed by atoms with Gasteiger partial charge in [0.15, 0.2) is 0 Å². The number of amides is 1. The van der Waals surface area contributed by atoms with Gasteiger partial charge in [-0.1, -0.05) is 13.8 Å². The number of carbonyl (C=O) groups is 1. The highest BCUT2D eigenvalue weighted by Gasteiger charge is 2.37. The summed E-state index contributed by atoms with van der Waals surface area (Å²) >= 11 is 0. The third-order valence-corrected chi connectivity index (χ3v) is 7.32. The molecule has 194 valence electrons. The van der Waals surface area contributed by atoms with Gasteiger partial charge in [0.1, 0.15) is 28.8 Å². The van der Waals surface area contributed by atoms with Gasteiger partial charge in [-0.15, -0.1) is 0 Å². The number of carbonyl (C=O) groups excluding carboxylic acids is 1. The topological polar surface area (TPSA) is 129 Å². The number of H-pyrrole nitrogens is 1. The Bertz CT molecular complexity index is 1640. The quantitative estimate of drug-likeness (QED) is 0.375. The first-order valence-electron chi connectivity index (χ1n) is 12.7. The fourth-order valence-electron chi connectivity index (χ4n) is 5.65. The van der Waals surface area contributed by atoms with Crippen LogP contribution in [0, 0.1) is 12.3 Å². The first-order valence-corrected chi connectivity index (χ1v) is 12.7. The van der Waals surface area contributed by atoms with Gasteiger partial charge in [-0.05, 0) is 60.6 Å². The lowest BCUT2D eigenvalue weighted by molar-refractivity contribution is 0.0962. The van der Waals surface area contributed by atoms with Crippen molar-refractivity contribution in [2.75, 3.05) is 16.8 Å². The summed E-state index contributed by atoms with van der Waals surface area (Å²) in [5, 5.41) is 13.5. The Kier molecular flexibility index (Phi) is 5.64. The number of fused-ring (bicyclic) bond motifs is 3. The normalized spacial score (nSPS) is 15.9. The molecule has 1 aliphatic carbocycles. The summed E-state index contributed by atoms with van der Waals surface area (Å²) in [5.41, 5.74) is 5.23. The maximum atomic E-state index is 13.6. The molecular weight excluding hydrogens is 482 g/mol. The van der Waals surface area contributed by atoms with Gasteiger partial charge in [-0.2, -0.15) is 0 Å². The lowest BCUT2D eigenvalue weighted by Gasteiger charge is -2.31. The van der Waals surface area contributed by atoms with Gasteiger partial charge in [0.25, 0.3) is 11.5 Å². The monoisotopic (exact) mass is 511 g/mol. The van der Waals surface area contributed by atoms with Crippen molar-refractivity contribution in [3.63, 3.8) is 0 Å². The molecule has 0 fully saturated rings. The molecule has 0 saturated heterocycles. The van der Waals surface area contributed by atoms with Crippen molar-refractivity contribution < 1.29 is 9.90 Å². The number of hydrogen-bond acceptors (Lipinski definition) is 7. The molecule has 0 unspecified atom stereocenters. The Morgan fingerprint density at radius 3 is 2.71 bits per heavy atom. The number of nitrogens with zero attached hydrogens (tertiary/aromatic N) is 5. The zero-order valence-electron chi connectivity index (χ0n) is 21.6. The van der Waals surface area contributed by atoms with Gasteiger partial charge in [0, 0.05) is 48.5 Å². The van der Waals surface area contributed by atoms with E-state index in [9.17, 15) is 14.7 Å². The van der Waals surface area contributed by atoms with Crippen LogP contribution in [0.2, 0.25) is 0 Å². The minimum absolute atomic E-state index is 0.120. The predicted octanol–water partition coefficient (Wildman–Crippen LogP) is 3.36. The molecule has 6 rings (SSSR count). The van der Waals surface area contributed by atoms with Gasteiger partial charge >= 0.3 is 0 Å². The van der Waals surface area contributed by atoms with Gasteiger partial charge in [-0.3, -0.25) is 14.5 Å². The first-order chi connectivity index (χ1) is 18.2. The van der Waals surface area contributed by atoms with E-state index >= 15 is 0 Å². The van der Waals surface area contributed by atoms with E-state index in [-0.39, 0.29) is 23.5 Å². The number of aryl methyl sites for hydroxylation is 1. The smallest absolute Gasteiger partial charge is 0.276 e. The van der Waals surface area contributed by atoms with E-state index in [0.717, 1.165) is 12.8 Å². The van der Waals surface area contributed by atoms with Crippen molar-refractivity contribution in [3.05, 3.63) is 81.5 Å². The Morgan fingerprint density at radius 1 is 1.11 bits per heavy atom. The Morgan fingerprint density at radius 2 is 1.92 bits per heavy atom. The number of aliphatic hydroxyl groups excluding tert-OH is 1. The van der Waals surface area contributed by atoms with Crippen molar-refractivity contribution >= 4 is 23.2 Å². The largest absolute Gasteiger partial charge is 0.392 e. The molecule has 1 amide bonds. The number of rotatable bonds is 5. The molecule has 0 bridgehead atoms. The summed E-state index contributed by atoms with van der Waals surface area (Å²) in [6.45, 7) is 7.10. The Hall–Kier alpha value is -4.31. The summed E-state index contributed by atoms with van der Waals surface area (Å²) < 4.78 is 2.15. The van der Waals surface area contributed by atoms with Gasteiger partial charge < -0.3 is 20.0 Å². The van der Waals surface area contributed by atoms with Crippen molar-refractivity contribution in [2.45, 2.75) is 46.8 Å². The SMILES string of the molecule is Cc1nccc(Nc2cc(-c3ccnc(N4CCn5c(cc6c5CC(C)(C)C6)C4=O)c3CO)c[nH]c2=O)n1. The van der Waals surface area contributed by atoms with Gasteiger partial charge in [-0.25, -0.2) is 15.0 Å². The third kappa shape index (κ3) is 4.06. The molecule has 2 aliphatic rings. The van der Waals surface area contributed by atoms with Crippen LogP contribution < -0.4 is 15.8 Å². The second-order valence-corrected chi connectivity index (χ2v) is 10.7. The van der Waals surface area contributed by atoms with Crippen LogP contribution in [0.3, 0.4) is 0 Å². The number of aromatic amines is 1. The van der Waals surface area contributed by atoms with Crippen molar-refractivity contribution in [3.8, 4) is 11.1 Å². The summed E-state index contributed by atoms with van der Waals surface area (Å²) in [5.74, 6) is 1.38. The standard InChI is InChI=1S/C28H29N7O3/c1-16-29-7-5-24(32-16)33-21-10-18(14-31-26(21)37)19-4-6-30-25(20(19)15-36)35-9-8-34-22(27(35)38)11-17-12-28(2,3)13-23(17)34/h4-7,10-11,14,36H,8-9,12-13,15H2,1-3H3,(H,31,37)(H,29,32,33). The second-order valence-electron chi connectivity index (χ2n) is 10.7. The van der Waals surface area contributed by atoms with Gasteiger partial charge in [0.2, 0.25) is 0 Å². The lowest BCUT2D eigenvalue weighted by Crippen LogP contribution is -2.41. The maximum Gasteiger partial charge on any atom is 0.276 e. The summed E-state index contributed by atoms with van der Waals surface area (Å²) in [7, 11) is 0. The fourth-order valence-corrected chi connectivity index (χ4v) is 5.65. The van der Waals surface area contributed by atoms with Crippen LogP contribution in [-0.2, 0) is 26.0 Å². The molecule has 3 N–H and O–H groups in total. The van der Waals surface area contributed by atoms with Gasteiger partial charge in [0.05, 0.1) is 6.61 Å². The average molecular weight is 512 g/mol. The molecule has 0 aromatic carbocycles. The molecule has 0 spiro atoms. The molecular formula is C28H29N7O3. The minimum atomic E-state index is -0.318. The summed E-state index contributed by atoms with van der Waals surface area (Å²) in [6.07, 6.45) is 6.75. The van der Waals surface area contributed by atoms with E-state index in [0.29, 0.717) is 58.6 Å². The van der Waals surface area contributed by atoms with E-state index in [1.54, 1.807) is 48.6 Å². The van der Waals surface area contributed by atoms with Crippen molar-refractivity contribution in [1.29, 1.82) is 0 Å². The fraction of sp³-hybridized carbons (Fsp3) is 0.321. The van der Waals surface area contributed by atoms with E-state index < -0.39 is 0 Å². The highest BCUT2D eigenvalue weighted by Crippen LogP contribution is 2.40. The van der Waals surface area contributed by atoms with E-state index in [2.05, 4.69) is 43.7 Å². The molecule has 0 atom stereocenters. The van der Waals surface area contributed by atoms with Crippen LogP contribution in [0.5, 0.6) is 0 Å². The Labute approximate surface area is 219 Å². The lowest BCUT2D eigenvalue weighted by atomic mass is 9.90. The summed E-state index contributed by atoms with van der Waals surface area (Å²) in [4.78, 5) is 43.5. The molecule has 4 aromatic rings. The molecule has 0 radical (unpaired) electrons. The number of aliphatic hydroxyl groups is 1. The number of pyridine rings is 2. The first kappa shape index (κ1) is 24.1. The number of hydrogen-bond donors (Lipinski definition) is 3. The van der Waals surface area contributed by atoms with Crippen LogP contribution in [0.1, 0.15) is 47.0 Å². The zero-order valence-corrected chi connectivity index (χ0v) is 21.6. The molecule has 0 saturated carbocycles. The predicted molar refractivity (Wildman–Crippen MR) is 144 cm³/mol. The van der Waals surface area contributed by atoms with Crippen LogP contribution in [0.4, 0.5) is 17.3 Å². The molecule has 10 nitrogen and oxygen atoms in total. The van der Waals surface area contributed by atoms with Crippen LogP contribution >= 0.6 is 0 Å². The molecule has 10 heteroatoms. The van der Waals surface area contributed by atoms with E-state index in [1.165, 1.54) is 11.3 Å². The van der Waals surface area contributed by atoms with Crippen LogP contribution in [0.25, 0.3) is 11.1 Å². The van der Waals surface area contributed by atoms with Crippen molar-refractivity contribution in [1.82, 2.24) is 24.5 Å². The van der Waals surface area contributed by atoms with Crippen LogP contribution in [0.15, 0.2) is 47.7 Å². The van der Waals surface area contributed by atoms with E-state index in [1.807, 2.05) is 6.07 Å². The zero-order chi connectivity index (χ0) is 26.6. The van der Waals surface area contributed by atoms with Crippen molar-refractivity contribution in [2.24, 2.45) is 5.41 Å².